The number of Topliss-reactive ketones (excluding diaryl/α,β-unsaturated/α-hetero) is 2. The van der Waals surface area contributed by atoms with Gasteiger partial charge in [0.05, 0.1) is 5.60 Å². The zero-order valence-corrected chi connectivity index (χ0v) is 15.4. The van der Waals surface area contributed by atoms with Crippen molar-refractivity contribution in [1.82, 2.24) is 0 Å². The van der Waals surface area contributed by atoms with Gasteiger partial charge in [-0.15, -0.1) is 0 Å². The van der Waals surface area contributed by atoms with E-state index in [1.54, 1.807) is 6.92 Å². The van der Waals surface area contributed by atoms with Crippen LogP contribution in [0.2, 0.25) is 0 Å². The molecular weight excluding hydrogens is 300 g/mol. The van der Waals surface area contributed by atoms with E-state index in [-0.39, 0.29) is 17.3 Å². The Morgan fingerprint density at radius 2 is 1.75 bits per heavy atom. The molecule has 3 heteroatoms. The molecule has 4 saturated carbocycles. The van der Waals surface area contributed by atoms with Crippen molar-refractivity contribution in [2.75, 3.05) is 0 Å². The molecule has 4 aliphatic carbocycles. The van der Waals surface area contributed by atoms with E-state index in [1.807, 2.05) is 6.92 Å². The Labute approximate surface area is 145 Å². The summed E-state index contributed by atoms with van der Waals surface area (Å²) < 4.78 is 0. The molecule has 134 valence electrons. The number of carbonyl (C=O) groups excluding carboxylic acids is 2. The van der Waals surface area contributed by atoms with E-state index in [0.29, 0.717) is 48.1 Å². The van der Waals surface area contributed by atoms with Gasteiger partial charge >= 0.3 is 0 Å². The van der Waals surface area contributed by atoms with Crippen molar-refractivity contribution in [3.05, 3.63) is 0 Å². The maximum atomic E-state index is 12.9. The van der Waals surface area contributed by atoms with Crippen LogP contribution in [-0.2, 0) is 9.59 Å². The maximum absolute atomic E-state index is 12.9. The molecule has 0 aromatic heterocycles. The largest absolute Gasteiger partial charge is 0.390 e. The van der Waals surface area contributed by atoms with E-state index in [4.69, 9.17) is 0 Å². The van der Waals surface area contributed by atoms with E-state index in [1.165, 1.54) is 6.42 Å². The van der Waals surface area contributed by atoms with Gasteiger partial charge in [-0.1, -0.05) is 6.92 Å². The molecule has 24 heavy (non-hydrogen) atoms. The van der Waals surface area contributed by atoms with Crippen molar-refractivity contribution < 1.29 is 14.7 Å². The summed E-state index contributed by atoms with van der Waals surface area (Å²) in [5, 5.41) is 10.4. The van der Waals surface area contributed by atoms with Crippen LogP contribution in [0.25, 0.3) is 0 Å². The standard InChI is InChI=1S/C21H32O3/c1-12(22)17-4-5-18-15-10-19(23)16-11-20(2,24)8-6-14(16)13(15)7-9-21(17,18)3/h13-18,24H,4-11H2,1-3H3/t13-,14-,15-,16-,17-,18+,20+,21-/m1/s1. The second-order valence-corrected chi connectivity index (χ2v) is 9.90. The molecule has 0 saturated heterocycles. The van der Waals surface area contributed by atoms with Crippen molar-refractivity contribution in [2.45, 2.75) is 77.7 Å². The average molecular weight is 332 g/mol. The fourth-order valence-electron chi connectivity index (χ4n) is 7.46. The molecule has 0 aliphatic heterocycles. The molecule has 4 aliphatic rings. The van der Waals surface area contributed by atoms with Crippen LogP contribution >= 0.6 is 0 Å². The third kappa shape index (κ3) is 2.34. The molecule has 0 aromatic rings. The smallest absolute Gasteiger partial charge is 0.136 e. The Bertz CT molecular complexity index is 565. The minimum atomic E-state index is -0.653. The van der Waals surface area contributed by atoms with Crippen LogP contribution in [0.5, 0.6) is 0 Å². The lowest BCUT2D eigenvalue weighted by Gasteiger charge is -2.56. The lowest BCUT2D eigenvalue weighted by molar-refractivity contribution is -0.149. The van der Waals surface area contributed by atoms with Crippen molar-refractivity contribution >= 4 is 11.6 Å². The summed E-state index contributed by atoms with van der Waals surface area (Å²) in [5.41, 5.74) is -0.528. The SMILES string of the molecule is CC(=O)[C@H]1CC[C@H]2[C@@H]3CC(=O)[C@@H]4C[C@@](C)(O)CC[C@@H]4[C@H]3CC[C@]12C. The van der Waals surface area contributed by atoms with Crippen LogP contribution in [0.1, 0.15) is 72.1 Å². The molecule has 0 unspecified atom stereocenters. The normalized spacial score (nSPS) is 53.9. The first-order chi connectivity index (χ1) is 11.2. The van der Waals surface area contributed by atoms with Gasteiger partial charge in [0.15, 0.2) is 0 Å². The number of ketones is 2. The summed E-state index contributed by atoms with van der Waals surface area (Å²) in [5.74, 6) is 3.23. The van der Waals surface area contributed by atoms with Gasteiger partial charge in [0.1, 0.15) is 11.6 Å². The highest BCUT2D eigenvalue weighted by Crippen LogP contribution is 2.64. The minimum absolute atomic E-state index is 0.0874. The molecule has 0 heterocycles. The molecule has 8 atom stereocenters. The fraction of sp³-hybridized carbons (Fsp3) is 0.905. The minimum Gasteiger partial charge on any atom is -0.390 e. The average Bonchev–Trinajstić information content (AvgIpc) is 2.85. The Morgan fingerprint density at radius 3 is 2.46 bits per heavy atom. The second-order valence-electron chi connectivity index (χ2n) is 9.90. The van der Waals surface area contributed by atoms with E-state index < -0.39 is 5.60 Å². The first-order valence-corrected chi connectivity index (χ1v) is 9.98. The van der Waals surface area contributed by atoms with Gasteiger partial charge < -0.3 is 5.11 Å². The van der Waals surface area contributed by atoms with E-state index in [9.17, 15) is 14.7 Å². The van der Waals surface area contributed by atoms with Gasteiger partial charge in [-0.2, -0.15) is 0 Å². The third-order valence-electron chi connectivity index (χ3n) is 8.58. The maximum Gasteiger partial charge on any atom is 0.136 e. The summed E-state index contributed by atoms with van der Waals surface area (Å²) in [7, 11) is 0. The Kier molecular flexibility index (Phi) is 3.77. The van der Waals surface area contributed by atoms with Gasteiger partial charge in [-0.05, 0) is 87.9 Å². The number of hydrogen-bond donors (Lipinski definition) is 1. The Balaban J connectivity index is 1.61. The van der Waals surface area contributed by atoms with E-state index >= 15 is 0 Å². The topological polar surface area (TPSA) is 54.4 Å². The molecular formula is C21H32O3. The predicted octanol–water partition coefficient (Wildman–Crippen LogP) is 3.77. The quantitative estimate of drug-likeness (QED) is 0.795. The van der Waals surface area contributed by atoms with Crippen LogP contribution in [0.4, 0.5) is 0 Å². The highest BCUT2D eigenvalue weighted by molar-refractivity contribution is 5.83. The van der Waals surface area contributed by atoms with Crippen LogP contribution in [0.15, 0.2) is 0 Å². The molecule has 4 fully saturated rings. The van der Waals surface area contributed by atoms with Gasteiger partial charge in [0.25, 0.3) is 0 Å². The number of fused-ring (bicyclic) bond motifs is 5. The van der Waals surface area contributed by atoms with Gasteiger partial charge in [-0.3, -0.25) is 9.59 Å². The highest BCUT2D eigenvalue weighted by atomic mass is 16.3. The van der Waals surface area contributed by atoms with Crippen LogP contribution in [0, 0.1) is 40.9 Å². The number of rotatable bonds is 1. The van der Waals surface area contributed by atoms with Gasteiger partial charge in [0.2, 0.25) is 0 Å². The first kappa shape index (κ1) is 16.8. The van der Waals surface area contributed by atoms with Crippen molar-refractivity contribution in [2.24, 2.45) is 40.9 Å². The number of hydrogen-bond acceptors (Lipinski definition) is 3. The summed E-state index contributed by atoms with van der Waals surface area (Å²) in [6, 6.07) is 0. The van der Waals surface area contributed by atoms with E-state index in [0.717, 1.165) is 32.1 Å². The molecule has 0 spiro atoms. The van der Waals surface area contributed by atoms with Crippen molar-refractivity contribution in [3.63, 3.8) is 0 Å². The van der Waals surface area contributed by atoms with Crippen LogP contribution in [0.3, 0.4) is 0 Å². The molecule has 0 radical (unpaired) electrons. The molecule has 3 nitrogen and oxygen atoms in total. The van der Waals surface area contributed by atoms with Crippen molar-refractivity contribution in [1.29, 1.82) is 0 Å². The summed E-state index contributed by atoms with van der Waals surface area (Å²) >= 11 is 0. The third-order valence-corrected chi connectivity index (χ3v) is 8.58. The highest BCUT2D eigenvalue weighted by Gasteiger charge is 2.59. The molecule has 0 amide bonds. The lowest BCUT2D eigenvalue weighted by atomic mass is 9.48. The summed E-state index contributed by atoms with van der Waals surface area (Å²) in [4.78, 5) is 25.0. The van der Waals surface area contributed by atoms with Crippen LogP contribution in [-0.4, -0.2) is 22.3 Å². The number of carbonyl (C=O) groups is 2. The van der Waals surface area contributed by atoms with Gasteiger partial charge in [-0.25, -0.2) is 0 Å². The molecule has 0 aromatic carbocycles. The molecule has 0 bridgehead atoms. The summed E-state index contributed by atoms with van der Waals surface area (Å²) in [6.45, 7) is 5.99. The lowest BCUT2D eigenvalue weighted by Crippen LogP contribution is -2.53. The predicted molar refractivity (Wildman–Crippen MR) is 92.3 cm³/mol. The zero-order chi connectivity index (χ0) is 17.3. The van der Waals surface area contributed by atoms with Crippen molar-refractivity contribution in [3.8, 4) is 0 Å². The monoisotopic (exact) mass is 332 g/mol. The zero-order valence-electron chi connectivity index (χ0n) is 15.4. The second kappa shape index (κ2) is 5.40. The summed E-state index contributed by atoms with van der Waals surface area (Å²) in [6.07, 6.45) is 7.69. The Morgan fingerprint density at radius 1 is 1.04 bits per heavy atom. The fourth-order valence-corrected chi connectivity index (χ4v) is 7.46. The van der Waals surface area contributed by atoms with Gasteiger partial charge in [0, 0.05) is 18.3 Å². The Hall–Kier alpha value is -0.700. The first-order valence-electron chi connectivity index (χ1n) is 9.98. The molecule has 1 N–H and O–H groups in total. The molecule has 4 rings (SSSR count). The van der Waals surface area contributed by atoms with E-state index in [2.05, 4.69) is 6.92 Å². The number of aliphatic hydroxyl groups is 1. The van der Waals surface area contributed by atoms with Crippen LogP contribution < -0.4 is 0 Å².